The van der Waals surface area contributed by atoms with E-state index in [1.807, 2.05) is 17.0 Å². The molecular formula is C17H22N6O2. The summed E-state index contributed by atoms with van der Waals surface area (Å²) in [6, 6.07) is 3.67. The molecule has 132 valence electrons. The summed E-state index contributed by atoms with van der Waals surface area (Å²) in [4.78, 5) is 36.7. The van der Waals surface area contributed by atoms with Gasteiger partial charge in [0.15, 0.2) is 5.82 Å². The minimum Gasteiger partial charge on any atom is -0.350 e. The van der Waals surface area contributed by atoms with Crippen LogP contribution in [0.3, 0.4) is 0 Å². The first kappa shape index (κ1) is 16.9. The Hall–Kier alpha value is -2.90. The largest absolute Gasteiger partial charge is 0.350 e. The second-order valence-electron chi connectivity index (χ2n) is 6.04. The van der Waals surface area contributed by atoms with Crippen LogP contribution in [0.4, 0.5) is 10.6 Å². The molecular weight excluding hydrogens is 320 g/mol. The van der Waals surface area contributed by atoms with Crippen molar-refractivity contribution in [3.8, 4) is 0 Å². The Morgan fingerprint density at radius 3 is 3.12 bits per heavy atom. The van der Waals surface area contributed by atoms with E-state index in [-0.39, 0.29) is 17.6 Å². The number of aromatic amines is 1. The minimum atomic E-state index is -0.205. The van der Waals surface area contributed by atoms with Gasteiger partial charge in [0, 0.05) is 50.5 Å². The highest BCUT2D eigenvalue weighted by atomic mass is 16.2. The number of urea groups is 1. The second kappa shape index (κ2) is 8.27. The van der Waals surface area contributed by atoms with E-state index in [2.05, 4.69) is 25.6 Å². The van der Waals surface area contributed by atoms with E-state index < -0.39 is 0 Å². The van der Waals surface area contributed by atoms with Crippen LogP contribution in [0.5, 0.6) is 0 Å². The molecule has 2 amide bonds. The van der Waals surface area contributed by atoms with Crippen LogP contribution in [0.25, 0.3) is 0 Å². The van der Waals surface area contributed by atoms with Crippen LogP contribution in [0.2, 0.25) is 0 Å². The monoisotopic (exact) mass is 342 g/mol. The first-order valence-corrected chi connectivity index (χ1v) is 8.44. The van der Waals surface area contributed by atoms with E-state index in [0.717, 1.165) is 31.4 Å². The summed E-state index contributed by atoms with van der Waals surface area (Å²) in [5.74, 6) is 0.408. The highest BCUT2D eigenvalue weighted by Gasteiger charge is 2.23. The number of nitrogens with one attached hydrogen (secondary N) is 3. The van der Waals surface area contributed by atoms with E-state index in [0.29, 0.717) is 18.9 Å². The molecule has 3 heterocycles. The summed E-state index contributed by atoms with van der Waals surface area (Å²) < 4.78 is 0. The molecule has 8 heteroatoms. The average molecular weight is 342 g/mol. The molecule has 25 heavy (non-hydrogen) atoms. The predicted molar refractivity (Wildman–Crippen MR) is 94.6 cm³/mol. The highest BCUT2D eigenvalue weighted by Crippen LogP contribution is 2.14. The standard InChI is InChI=1S/C17H22N6O2/c24-16-15(19-8-9-20-16)23-10-2-4-14(12-23)22-17(25)21-7-5-13-3-1-6-18-11-13/h1,3,6,8-9,11,14H,2,4-5,7,10,12H2,(H,20,24)(H2,21,22,25). The third kappa shape index (κ3) is 4.79. The number of anilines is 1. The second-order valence-corrected chi connectivity index (χ2v) is 6.04. The number of amides is 2. The van der Waals surface area contributed by atoms with Gasteiger partial charge in [0.1, 0.15) is 0 Å². The fourth-order valence-corrected chi connectivity index (χ4v) is 2.96. The predicted octanol–water partition coefficient (Wildman–Crippen LogP) is 0.676. The van der Waals surface area contributed by atoms with Crippen molar-refractivity contribution in [2.75, 3.05) is 24.5 Å². The van der Waals surface area contributed by atoms with E-state index in [1.54, 1.807) is 18.6 Å². The Kier molecular flexibility index (Phi) is 5.61. The molecule has 0 aromatic carbocycles. The molecule has 2 aromatic heterocycles. The Bertz CT molecular complexity index is 748. The fourth-order valence-electron chi connectivity index (χ4n) is 2.96. The van der Waals surface area contributed by atoms with Crippen molar-refractivity contribution in [1.29, 1.82) is 0 Å². The van der Waals surface area contributed by atoms with Gasteiger partial charge >= 0.3 is 6.03 Å². The third-order valence-corrected chi connectivity index (χ3v) is 4.17. The van der Waals surface area contributed by atoms with Crippen molar-refractivity contribution in [2.24, 2.45) is 0 Å². The molecule has 3 rings (SSSR count). The lowest BCUT2D eigenvalue weighted by Gasteiger charge is -2.33. The number of piperidine rings is 1. The van der Waals surface area contributed by atoms with Gasteiger partial charge in [0.25, 0.3) is 5.56 Å². The highest BCUT2D eigenvalue weighted by molar-refractivity contribution is 5.74. The summed E-state index contributed by atoms with van der Waals surface area (Å²) in [6.45, 7) is 1.89. The number of rotatable bonds is 5. The number of carbonyl (C=O) groups excluding carboxylic acids is 1. The van der Waals surface area contributed by atoms with Crippen molar-refractivity contribution in [2.45, 2.75) is 25.3 Å². The molecule has 1 fully saturated rings. The molecule has 1 saturated heterocycles. The van der Waals surface area contributed by atoms with Gasteiger partial charge in [-0.2, -0.15) is 0 Å². The maximum atomic E-state index is 12.1. The number of hydrogen-bond donors (Lipinski definition) is 3. The lowest BCUT2D eigenvalue weighted by atomic mass is 10.1. The first-order chi connectivity index (χ1) is 12.2. The van der Waals surface area contributed by atoms with Crippen LogP contribution < -0.4 is 21.1 Å². The van der Waals surface area contributed by atoms with Crippen molar-refractivity contribution in [3.63, 3.8) is 0 Å². The molecule has 1 atom stereocenters. The summed E-state index contributed by atoms with van der Waals surface area (Å²) in [5.41, 5.74) is 0.880. The summed E-state index contributed by atoms with van der Waals surface area (Å²) in [7, 11) is 0. The van der Waals surface area contributed by atoms with Crippen LogP contribution in [0, 0.1) is 0 Å². The zero-order valence-corrected chi connectivity index (χ0v) is 13.9. The lowest BCUT2D eigenvalue weighted by Crippen LogP contribution is -2.51. The van der Waals surface area contributed by atoms with Gasteiger partial charge < -0.3 is 20.5 Å². The van der Waals surface area contributed by atoms with E-state index in [1.165, 1.54) is 6.20 Å². The summed E-state index contributed by atoms with van der Waals surface area (Å²) >= 11 is 0. The molecule has 0 saturated carbocycles. The Balaban J connectivity index is 1.46. The Morgan fingerprint density at radius 1 is 1.40 bits per heavy atom. The van der Waals surface area contributed by atoms with Gasteiger partial charge in [-0.25, -0.2) is 9.78 Å². The third-order valence-electron chi connectivity index (χ3n) is 4.17. The topological polar surface area (TPSA) is 103 Å². The van der Waals surface area contributed by atoms with Crippen LogP contribution in [0.1, 0.15) is 18.4 Å². The first-order valence-electron chi connectivity index (χ1n) is 8.44. The number of nitrogens with zero attached hydrogens (tertiary/aromatic N) is 3. The van der Waals surface area contributed by atoms with E-state index >= 15 is 0 Å². The Labute approximate surface area is 145 Å². The number of carbonyl (C=O) groups is 1. The number of H-pyrrole nitrogens is 1. The maximum Gasteiger partial charge on any atom is 0.315 e. The lowest BCUT2D eigenvalue weighted by molar-refractivity contribution is 0.235. The SMILES string of the molecule is O=C(NCCc1cccnc1)NC1CCCN(c2ncc[nH]c2=O)C1. The van der Waals surface area contributed by atoms with Crippen molar-refractivity contribution >= 4 is 11.8 Å². The van der Waals surface area contributed by atoms with Crippen molar-refractivity contribution < 1.29 is 4.79 Å². The fraction of sp³-hybridized carbons (Fsp3) is 0.412. The minimum absolute atomic E-state index is 0.00597. The molecule has 0 spiro atoms. The molecule has 0 aliphatic carbocycles. The van der Waals surface area contributed by atoms with Crippen LogP contribution in [-0.2, 0) is 6.42 Å². The smallest absolute Gasteiger partial charge is 0.315 e. The summed E-state index contributed by atoms with van der Waals surface area (Å²) in [5, 5.41) is 5.84. The van der Waals surface area contributed by atoms with Crippen molar-refractivity contribution in [1.82, 2.24) is 25.6 Å². The number of aromatic nitrogens is 3. The molecule has 1 unspecified atom stereocenters. The molecule has 8 nitrogen and oxygen atoms in total. The van der Waals surface area contributed by atoms with Gasteiger partial charge in [0.05, 0.1) is 0 Å². The van der Waals surface area contributed by atoms with Crippen LogP contribution in [-0.4, -0.2) is 46.7 Å². The quantitative estimate of drug-likeness (QED) is 0.741. The van der Waals surface area contributed by atoms with Gasteiger partial charge in [-0.3, -0.25) is 9.78 Å². The Morgan fingerprint density at radius 2 is 2.32 bits per heavy atom. The van der Waals surface area contributed by atoms with Crippen LogP contribution in [0.15, 0.2) is 41.7 Å². The van der Waals surface area contributed by atoms with Gasteiger partial charge in [0.2, 0.25) is 0 Å². The normalized spacial score (nSPS) is 17.1. The molecule has 0 radical (unpaired) electrons. The molecule has 1 aliphatic heterocycles. The zero-order chi connectivity index (χ0) is 17.5. The maximum absolute atomic E-state index is 12.1. The summed E-state index contributed by atoms with van der Waals surface area (Å²) in [6.07, 6.45) is 9.13. The van der Waals surface area contributed by atoms with E-state index in [9.17, 15) is 9.59 Å². The zero-order valence-electron chi connectivity index (χ0n) is 13.9. The van der Waals surface area contributed by atoms with Gasteiger partial charge in [-0.1, -0.05) is 6.07 Å². The molecule has 0 bridgehead atoms. The number of pyridine rings is 1. The average Bonchev–Trinajstić information content (AvgIpc) is 2.63. The van der Waals surface area contributed by atoms with E-state index in [4.69, 9.17) is 0 Å². The van der Waals surface area contributed by atoms with Gasteiger partial charge in [-0.15, -0.1) is 0 Å². The van der Waals surface area contributed by atoms with Gasteiger partial charge in [-0.05, 0) is 30.9 Å². The molecule has 2 aromatic rings. The van der Waals surface area contributed by atoms with Crippen LogP contribution >= 0.6 is 0 Å². The molecule has 3 N–H and O–H groups in total. The van der Waals surface area contributed by atoms with Crippen molar-refractivity contribution in [3.05, 3.63) is 52.8 Å². The molecule has 1 aliphatic rings. The number of hydrogen-bond acceptors (Lipinski definition) is 5.